The van der Waals surface area contributed by atoms with E-state index in [0.717, 1.165) is 32.4 Å². The van der Waals surface area contributed by atoms with Gasteiger partial charge >= 0.3 is 0 Å². The number of nitrogens with one attached hydrogen (secondary N) is 1. The van der Waals surface area contributed by atoms with E-state index in [9.17, 15) is 8.42 Å². The highest BCUT2D eigenvalue weighted by Crippen LogP contribution is 2.17. The molecule has 0 aromatic carbocycles. The van der Waals surface area contributed by atoms with Crippen LogP contribution in [0, 0.1) is 5.92 Å². The average Bonchev–Trinajstić information content (AvgIpc) is 2.85. The van der Waals surface area contributed by atoms with Crippen LogP contribution in [0.4, 0.5) is 0 Å². The van der Waals surface area contributed by atoms with Gasteiger partial charge in [-0.25, -0.2) is 13.1 Å². The summed E-state index contributed by atoms with van der Waals surface area (Å²) in [5, 5.41) is 0. The van der Waals surface area contributed by atoms with Crippen molar-refractivity contribution < 1.29 is 8.42 Å². The Labute approximate surface area is 119 Å². The Morgan fingerprint density at radius 3 is 2.37 bits per heavy atom. The van der Waals surface area contributed by atoms with Gasteiger partial charge in [-0.05, 0) is 44.7 Å². The maximum Gasteiger partial charge on any atom is 0.211 e. The second-order valence-corrected chi connectivity index (χ2v) is 7.97. The van der Waals surface area contributed by atoms with Crippen molar-refractivity contribution in [1.82, 2.24) is 9.62 Å². The van der Waals surface area contributed by atoms with E-state index in [1.807, 2.05) is 6.92 Å². The topological polar surface area (TPSA) is 49.4 Å². The maximum atomic E-state index is 11.9. The minimum atomic E-state index is -3.08. The highest BCUT2D eigenvalue weighted by atomic mass is 32.2. The zero-order valence-corrected chi connectivity index (χ0v) is 13.5. The van der Waals surface area contributed by atoms with Crippen LogP contribution in [0.3, 0.4) is 0 Å². The number of sulfonamides is 1. The number of unbranched alkanes of at least 4 members (excludes halogenated alkanes) is 1. The SMILES string of the molecule is CCCCS(=O)(=O)NCC(CC(C)C)N1CCCC1. The number of nitrogens with zero attached hydrogens (tertiary/aromatic N) is 1. The molecule has 114 valence electrons. The third-order valence-corrected chi connectivity index (χ3v) is 5.14. The second-order valence-electron chi connectivity index (χ2n) is 6.05. The molecule has 0 saturated carbocycles. The quantitative estimate of drug-likeness (QED) is 0.708. The van der Waals surface area contributed by atoms with E-state index >= 15 is 0 Å². The van der Waals surface area contributed by atoms with Crippen molar-refractivity contribution in [3.8, 4) is 0 Å². The molecule has 4 nitrogen and oxygen atoms in total. The predicted molar refractivity (Wildman–Crippen MR) is 80.7 cm³/mol. The van der Waals surface area contributed by atoms with Crippen LogP contribution >= 0.6 is 0 Å². The Morgan fingerprint density at radius 2 is 1.84 bits per heavy atom. The molecule has 1 N–H and O–H groups in total. The van der Waals surface area contributed by atoms with Crippen LogP contribution in [0.5, 0.6) is 0 Å². The lowest BCUT2D eigenvalue weighted by molar-refractivity contribution is 0.214. The first-order valence-electron chi connectivity index (χ1n) is 7.66. The fourth-order valence-corrected chi connectivity index (χ4v) is 3.90. The summed E-state index contributed by atoms with van der Waals surface area (Å²) in [6.07, 6.45) is 5.22. The number of likely N-dealkylation sites (tertiary alicyclic amines) is 1. The van der Waals surface area contributed by atoms with Crippen molar-refractivity contribution in [3.63, 3.8) is 0 Å². The van der Waals surface area contributed by atoms with Crippen molar-refractivity contribution in [1.29, 1.82) is 0 Å². The summed E-state index contributed by atoms with van der Waals surface area (Å²) < 4.78 is 26.5. The van der Waals surface area contributed by atoms with E-state index in [4.69, 9.17) is 0 Å². The van der Waals surface area contributed by atoms with E-state index in [2.05, 4.69) is 23.5 Å². The molecule has 0 amide bonds. The van der Waals surface area contributed by atoms with Crippen LogP contribution in [0.1, 0.15) is 52.9 Å². The van der Waals surface area contributed by atoms with Gasteiger partial charge in [0.25, 0.3) is 0 Å². The van der Waals surface area contributed by atoms with Crippen molar-refractivity contribution in [2.75, 3.05) is 25.4 Å². The first-order chi connectivity index (χ1) is 8.94. The highest BCUT2D eigenvalue weighted by molar-refractivity contribution is 7.89. The summed E-state index contributed by atoms with van der Waals surface area (Å²) in [5.41, 5.74) is 0. The van der Waals surface area contributed by atoms with Crippen molar-refractivity contribution in [2.24, 2.45) is 5.92 Å². The average molecular weight is 290 g/mol. The minimum Gasteiger partial charge on any atom is -0.299 e. The van der Waals surface area contributed by atoms with Gasteiger partial charge in [0.15, 0.2) is 0 Å². The highest BCUT2D eigenvalue weighted by Gasteiger charge is 2.24. The van der Waals surface area contributed by atoms with Gasteiger partial charge < -0.3 is 0 Å². The number of hydrogen-bond donors (Lipinski definition) is 1. The zero-order chi connectivity index (χ0) is 14.3. The van der Waals surface area contributed by atoms with Gasteiger partial charge in [0.2, 0.25) is 10.0 Å². The predicted octanol–water partition coefficient (Wildman–Crippen LogP) is 2.22. The molecule has 1 rings (SSSR count). The van der Waals surface area contributed by atoms with Crippen LogP contribution in [-0.4, -0.2) is 44.7 Å². The van der Waals surface area contributed by atoms with Crippen molar-refractivity contribution >= 4 is 10.0 Å². The Bertz CT molecular complexity index is 335. The lowest BCUT2D eigenvalue weighted by Crippen LogP contribution is -2.43. The third-order valence-electron chi connectivity index (χ3n) is 3.71. The van der Waals surface area contributed by atoms with Gasteiger partial charge in [-0.15, -0.1) is 0 Å². The van der Waals surface area contributed by atoms with E-state index in [0.29, 0.717) is 18.5 Å². The summed E-state index contributed by atoms with van der Waals surface area (Å²) >= 11 is 0. The number of rotatable bonds is 9. The molecule has 1 atom stereocenters. The normalized spacial score (nSPS) is 19.2. The molecule has 0 spiro atoms. The first-order valence-corrected chi connectivity index (χ1v) is 9.31. The molecule has 0 radical (unpaired) electrons. The molecule has 0 aromatic heterocycles. The largest absolute Gasteiger partial charge is 0.299 e. The van der Waals surface area contributed by atoms with E-state index in [-0.39, 0.29) is 5.75 Å². The van der Waals surface area contributed by atoms with Crippen LogP contribution in [0.25, 0.3) is 0 Å². The zero-order valence-electron chi connectivity index (χ0n) is 12.7. The van der Waals surface area contributed by atoms with Crippen LogP contribution < -0.4 is 4.72 Å². The summed E-state index contributed by atoms with van der Waals surface area (Å²) in [4.78, 5) is 2.45. The molecule has 5 heteroatoms. The van der Waals surface area contributed by atoms with E-state index in [1.165, 1.54) is 12.8 Å². The molecule has 1 aliphatic rings. The lowest BCUT2D eigenvalue weighted by Gasteiger charge is -2.29. The monoisotopic (exact) mass is 290 g/mol. The van der Waals surface area contributed by atoms with Gasteiger partial charge in [0, 0.05) is 12.6 Å². The molecule has 0 bridgehead atoms. The number of hydrogen-bond acceptors (Lipinski definition) is 3. The van der Waals surface area contributed by atoms with Gasteiger partial charge in [0.05, 0.1) is 5.75 Å². The summed E-state index contributed by atoms with van der Waals surface area (Å²) in [5.74, 6) is 0.864. The molecular weight excluding hydrogens is 260 g/mol. The molecule has 1 fully saturated rings. The Hall–Kier alpha value is -0.130. The molecule has 1 heterocycles. The third kappa shape index (κ3) is 6.72. The molecule has 1 unspecified atom stereocenters. The van der Waals surface area contributed by atoms with Crippen LogP contribution in [-0.2, 0) is 10.0 Å². The first kappa shape index (κ1) is 16.9. The Balaban J connectivity index is 2.47. The molecule has 19 heavy (non-hydrogen) atoms. The van der Waals surface area contributed by atoms with E-state index in [1.54, 1.807) is 0 Å². The van der Waals surface area contributed by atoms with Gasteiger partial charge in [0.1, 0.15) is 0 Å². The summed E-state index contributed by atoms with van der Waals surface area (Å²) in [7, 11) is -3.08. The van der Waals surface area contributed by atoms with Gasteiger partial charge in [-0.2, -0.15) is 0 Å². The summed E-state index contributed by atoms with van der Waals surface area (Å²) in [6.45, 7) is 9.23. The fourth-order valence-electron chi connectivity index (χ4n) is 2.64. The van der Waals surface area contributed by atoms with Gasteiger partial charge in [-0.1, -0.05) is 27.2 Å². The van der Waals surface area contributed by atoms with E-state index < -0.39 is 10.0 Å². The molecule has 1 aliphatic heterocycles. The Kier molecular flexibility index (Phi) is 7.32. The van der Waals surface area contributed by atoms with Crippen LogP contribution in [0.15, 0.2) is 0 Å². The second kappa shape index (κ2) is 8.22. The van der Waals surface area contributed by atoms with Gasteiger partial charge in [-0.3, -0.25) is 4.90 Å². The fraction of sp³-hybridized carbons (Fsp3) is 1.00. The molecule has 1 saturated heterocycles. The molecule has 0 aliphatic carbocycles. The molecule has 0 aromatic rings. The van der Waals surface area contributed by atoms with Crippen molar-refractivity contribution in [2.45, 2.75) is 58.9 Å². The summed E-state index contributed by atoms with van der Waals surface area (Å²) in [6, 6.07) is 0.360. The van der Waals surface area contributed by atoms with Crippen molar-refractivity contribution in [3.05, 3.63) is 0 Å². The molecular formula is C14H30N2O2S. The smallest absolute Gasteiger partial charge is 0.211 e. The Morgan fingerprint density at radius 1 is 1.21 bits per heavy atom. The standard InChI is InChI=1S/C14H30N2O2S/c1-4-5-10-19(17,18)15-12-14(11-13(2)3)16-8-6-7-9-16/h13-15H,4-12H2,1-3H3. The maximum absolute atomic E-state index is 11.9. The lowest BCUT2D eigenvalue weighted by atomic mass is 10.0. The minimum absolute atomic E-state index is 0.262. The van der Waals surface area contributed by atoms with Crippen LogP contribution in [0.2, 0.25) is 0 Å².